The maximum absolute atomic E-state index is 13.4. The second-order valence-electron chi connectivity index (χ2n) is 8.87. The standard InChI is InChI=1S/C22H34ClN3O6S/c1-25(2)11-3-10-24-22(28)12-18-6-9-20-21(32-18)15-31-14-17(27)13-26(20)33(29,30)19-7-4-16(23)5-8-19/h4-5,7-8,17-18,20-21,27H,3,6,9-15H2,1-2H3,(H,24,28)/t17-,18+,20-,21+/m1/s1. The average Bonchev–Trinajstić information content (AvgIpc) is 2.74. The van der Waals surface area contributed by atoms with E-state index in [9.17, 15) is 18.3 Å². The first-order chi connectivity index (χ1) is 15.7. The summed E-state index contributed by atoms with van der Waals surface area (Å²) in [4.78, 5) is 14.5. The summed E-state index contributed by atoms with van der Waals surface area (Å²) in [6.07, 6.45) is 0.341. The van der Waals surface area contributed by atoms with E-state index in [2.05, 4.69) is 10.2 Å². The van der Waals surface area contributed by atoms with Crippen LogP contribution in [0.2, 0.25) is 5.02 Å². The van der Waals surface area contributed by atoms with Crippen LogP contribution in [-0.4, -0.2) is 99.9 Å². The summed E-state index contributed by atoms with van der Waals surface area (Å²) < 4.78 is 39.9. The number of fused-ring (bicyclic) bond motifs is 1. The van der Waals surface area contributed by atoms with Crippen LogP contribution in [0.3, 0.4) is 0 Å². The van der Waals surface area contributed by atoms with Crippen LogP contribution in [0.1, 0.15) is 25.7 Å². The summed E-state index contributed by atoms with van der Waals surface area (Å²) >= 11 is 5.92. The van der Waals surface area contributed by atoms with Crippen molar-refractivity contribution in [2.24, 2.45) is 0 Å². The number of carbonyl (C=O) groups is 1. The van der Waals surface area contributed by atoms with Crippen molar-refractivity contribution in [3.05, 3.63) is 29.3 Å². The van der Waals surface area contributed by atoms with Gasteiger partial charge in [-0.15, -0.1) is 0 Å². The number of hydrogen-bond donors (Lipinski definition) is 2. The molecule has 0 unspecified atom stereocenters. The van der Waals surface area contributed by atoms with Crippen molar-refractivity contribution in [3.8, 4) is 0 Å². The van der Waals surface area contributed by atoms with Crippen LogP contribution in [0.25, 0.3) is 0 Å². The monoisotopic (exact) mass is 503 g/mol. The number of hydrogen-bond acceptors (Lipinski definition) is 7. The predicted octanol–water partition coefficient (Wildman–Crippen LogP) is 1.10. The van der Waals surface area contributed by atoms with E-state index in [4.69, 9.17) is 21.1 Å². The minimum Gasteiger partial charge on any atom is -0.389 e. The van der Waals surface area contributed by atoms with Gasteiger partial charge in [-0.3, -0.25) is 4.79 Å². The van der Waals surface area contributed by atoms with Crippen molar-refractivity contribution in [1.29, 1.82) is 0 Å². The highest BCUT2D eigenvalue weighted by molar-refractivity contribution is 7.89. The number of halogens is 1. The number of β-amino-alcohol motifs (C(OH)–C–C–N with tert-alkyl or cyclic N) is 1. The van der Waals surface area contributed by atoms with Crippen LogP contribution in [0.4, 0.5) is 0 Å². The molecule has 186 valence electrons. The molecule has 3 rings (SSSR count). The molecule has 0 saturated carbocycles. The maximum Gasteiger partial charge on any atom is 0.243 e. The lowest BCUT2D eigenvalue weighted by atomic mass is 9.96. The Kier molecular flexibility index (Phi) is 9.52. The predicted molar refractivity (Wildman–Crippen MR) is 125 cm³/mol. The van der Waals surface area contributed by atoms with E-state index in [0.717, 1.165) is 13.0 Å². The normalized spacial score (nSPS) is 26.9. The van der Waals surface area contributed by atoms with Crippen LogP contribution in [0.15, 0.2) is 29.2 Å². The molecule has 0 spiro atoms. The van der Waals surface area contributed by atoms with Crippen molar-refractivity contribution in [2.45, 2.75) is 54.9 Å². The number of nitrogens with one attached hydrogen (secondary N) is 1. The van der Waals surface area contributed by atoms with E-state index in [-0.39, 0.29) is 43.1 Å². The van der Waals surface area contributed by atoms with Crippen molar-refractivity contribution in [1.82, 2.24) is 14.5 Å². The van der Waals surface area contributed by atoms with Gasteiger partial charge in [-0.1, -0.05) is 11.6 Å². The fraction of sp³-hybridized carbons (Fsp3) is 0.682. The fourth-order valence-electron chi connectivity index (χ4n) is 4.21. The van der Waals surface area contributed by atoms with Crippen LogP contribution >= 0.6 is 11.6 Å². The smallest absolute Gasteiger partial charge is 0.243 e. The maximum atomic E-state index is 13.4. The second-order valence-corrected chi connectivity index (χ2v) is 11.2. The topological polar surface area (TPSA) is 108 Å². The quantitative estimate of drug-likeness (QED) is 0.511. The molecule has 2 fully saturated rings. The highest BCUT2D eigenvalue weighted by Crippen LogP contribution is 2.31. The molecule has 1 aromatic carbocycles. The number of amides is 1. The highest BCUT2D eigenvalue weighted by atomic mass is 35.5. The SMILES string of the molecule is CN(C)CCCNC(=O)C[C@@H]1CC[C@@H]2[C@H](COC[C@H](O)CN2S(=O)(=O)c2ccc(Cl)cc2)O1. The number of aliphatic hydroxyl groups is 1. The summed E-state index contributed by atoms with van der Waals surface area (Å²) in [7, 11) is 0.0851. The molecular weight excluding hydrogens is 470 g/mol. The first kappa shape index (κ1) is 26.3. The van der Waals surface area contributed by atoms with Crippen LogP contribution in [-0.2, 0) is 24.3 Å². The Labute approximate surface area is 201 Å². The molecule has 2 aliphatic rings. The molecule has 9 nitrogen and oxygen atoms in total. The third kappa shape index (κ3) is 7.35. The second kappa shape index (κ2) is 11.9. The lowest BCUT2D eigenvalue weighted by Crippen LogP contribution is -2.57. The summed E-state index contributed by atoms with van der Waals surface area (Å²) in [6.45, 7) is 1.56. The number of carbonyl (C=O) groups excluding carboxylic acids is 1. The summed E-state index contributed by atoms with van der Waals surface area (Å²) in [5, 5.41) is 13.6. The summed E-state index contributed by atoms with van der Waals surface area (Å²) in [5.41, 5.74) is 0. The Hall–Kier alpha value is -1.27. The van der Waals surface area contributed by atoms with Crippen molar-refractivity contribution in [3.63, 3.8) is 0 Å². The van der Waals surface area contributed by atoms with E-state index in [1.807, 2.05) is 14.1 Å². The zero-order valence-corrected chi connectivity index (χ0v) is 20.7. The van der Waals surface area contributed by atoms with Crippen LogP contribution in [0, 0.1) is 0 Å². The van der Waals surface area contributed by atoms with E-state index in [0.29, 0.717) is 24.4 Å². The first-order valence-corrected chi connectivity index (χ1v) is 13.1. The van der Waals surface area contributed by atoms with Crippen molar-refractivity contribution >= 4 is 27.5 Å². The van der Waals surface area contributed by atoms with Gasteiger partial charge in [-0.05, 0) is 64.2 Å². The van der Waals surface area contributed by atoms with Crippen molar-refractivity contribution in [2.75, 3.05) is 46.9 Å². The number of ether oxygens (including phenoxy) is 2. The van der Waals surface area contributed by atoms with Gasteiger partial charge in [0.15, 0.2) is 0 Å². The van der Waals surface area contributed by atoms with Crippen LogP contribution < -0.4 is 5.32 Å². The Balaban J connectivity index is 1.67. The molecular formula is C22H34ClN3O6S. The van der Waals surface area contributed by atoms with E-state index < -0.39 is 28.3 Å². The molecule has 0 radical (unpaired) electrons. The van der Waals surface area contributed by atoms with Gasteiger partial charge in [0.2, 0.25) is 15.9 Å². The Morgan fingerprint density at radius 1 is 1.24 bits per heavy atom. The Morgan fingerprint density at radius 3 is 2.67 bits per heavy atom. The fourth-order valence-corrected chi connectivity index (χ4v) is 6.06. The Morgan fingerprint density at radius 2 is 1.97 bits per heavy atom. The van der Waals surface area contributed by atoms with Gasteiger partial charge in [0.1, 0.15) is 0 Å². The number of rotatable bonds is 8. The first-order valence-electron chi connectivity index (χ1n) is 11.3. The third-order valence-electron chi connectivity index (χ3n) is 5.87. The average molecular weight is 504 g/mol. The molecule has 2 saturated heterocycles. The molecule has 11 heteroatoms. The molecule has 1 aromatic rings. The summed E-state index contributed by atoms with van der Waals surface area (Å²) in [5.74, 6) is -0.0787. The molecule has 0 aromatic heterocycles. The molecule has 1 amide bonds. The highest BCUT2D eigenvalue weighted by Gasteiger charge is 2.43. The molecule has 2 heterocycles. The lowest BCUT2D eigenvalue weighted by Gasteiger charge is -2.43. The molecule has 2 N–H and O–H groups in total. The largest absolute Gasteiger partial charge is 0.389 e. The lowest BCUT2D eigenvalue weighted by molar-refractivity contribution is -0.146. The minimum atomic E-state index is -3.89. The zero-order chi connectivity index (χ0) is 24.0. The third-order valence-corrected chi connectivity index (χ3v) is 8.03. The van der Waals surface area contributed by atoms with Gasteiger partial charge in [0, 0.05) is 18.1 Å². The van der Waals surface area contributed by atoms with E-state index >= 15 is 0 Å². The minimum absolute atomic E-state index is 0.0102. The molecule has 0 aliphatic carbocycles. The number of benzene rings is 1. The zero-order valence-electron chi connectivity index (χ0n) is 19.2. The number of nitrogens with zero attached hydrogens (tertiary/aromatic N) is 2. The van der Waals surface area contributed by atoms with Gasteiger partial charge in [0.25, 0.3) is 0 Å². The summed E-state index contributed by atoms with van der Waals surface area (Å²) in [6, 6.07) is 5.48. The van der Waals surface area contributed by atoms with Gasteiger partial charge in [-0.2, -0.15) is 4.31 Å². The van der Waals surface area contributed by atoms with E-state index in [1.165, 1.54) is 28.6 Å². The molecule has 0 bridgehead atoms. The molecule has 4 atom stereocenters. The van der Waals surface area contributed by atoms with Gasteiger partial charge < -0.3 is 24.8 Å². The van der Waals surface area contributed by atoms with Gasteiger partial charge in [-0.25, -0.2) is 8.42 Å². The molecule has 33 heavy (non-hydrogen) atoms. The Bertz CT molecular complexity index is 883. The molecule has 2 aliphatic heterocycles. The van der Waals surface area contributed by atoms with Gasteiger partial charge in [0.05, 0.1) is 48.9 Å². The number of sulfonamides is 1. The number of aliphatic hydroxyl groups excluding tert-OH is 1. The van der Waals surface area contributed by atoms with E-state index in [1.54, 1.807) is 0 Å². The van der Waals surface area contributed by atoms with Gasteiger partial charge >= 0.3 is 0 Å². The van der Waals surface area contributed by atoms with Crippen LogP contribution in [0.5, 0.6) is 0 Å². The van der Waals surface area contributed by atoms with Crippen molar-refractivity contribution < 1.29 is 27.8 Å².